The van der Waals surface area contributed by atoms with Crippen molar-refractivity contribution in [2.45, 2.75) is 31.9 Å². The molecule has 2 rings (SSSR count). The minimum absolute atomic E-state index is 0.218. The van der Waals surface area contributed by atoms with E-state index in [-0.39, 0.29) is 12.6 Å². The Labute approximate surface area is 123 Å². The molecule has 1 heterocycles. The van der Waals surface area contributed by atoms with Gasteiger partial charge in [-0.2, -0.15) is 0 Å². The normalized spacial score (nSPS) is 25.7. The van der Waals surface area contributed by atoms with Crippen LogP contribution >= 0.6 is 15.9 Å². The molecular formula is C15H22BrNO2. The van der Waals surface area contributed by atoms with Gasteiger partial charge in [-0.3, -0.25) is 4.90 Å². The molecule has 1 saturated heterocycles. The summed E-state index contributed by atoms with van der Waals surface area (Å²) < 4.78 is 1.03. The van der Waals surface area contributed by atoms with Gasteiger partial charge < -0.3 is 10.2 Å². The van der Waals surface area contributed by atoms with Crippen molar-refractivity contribution in [2.75, 3.05) is 19.7 Å². The van der Waals surface area contributed by atoms with E-state index < -0.39 is 6.10 Å². The molecule has 19 heavy (non-hydrogen) atoms. The fourth-order valence-corrected chi connectivity index (χ4v) is 3.06. The molecule has 1 aromatic rings. The number of aliphatic hydroxyl groups excluding tert-OH is 2. The van der Waals surface area contributed by atoms with Gasteiger partial charge in [0, 0.05) is 17.1 Å². The summed E-state index contributed by atoms with van der Waals surface area (Å²) in [6.45, 7) is 4.27. The molecule has 0 bridgehead atoms. The van der Waals surface area contributed by atoms with Crippen LogP contribution in [-0.4, -0.2) is 40.9 Å². The predicted molar refractivity (Wildman–Crippen MR) is 79.9 cm³/mol. The molecule has 1 aliphatic rings. The minimum Gasteiger partial charge on any atom is -0.395 e. The number of aliphatic hydroxyl groups is 2. The summed E-state index contributed by atoms with van der Waals surface area (Å²) in [5.74, 6) is 0.551. The number of nitrogens with zero attached hydrogens (tertiary/aromatic N) is 1. The van der Waals surface area contributed by atoms with Crippen LogP contribution in [0.4, 0.5) is 0 Å². The second-order valence-electron chi connectivity index (χ2n) is 5.41. The van der Waals surface area contributed by atoms with Crippen LogP contribution in [0.1, 0.15) is 31.4 Å². The van der Waals surface area contributed by atoms with Crippen molar-refractivity contribution in [3.05, 3.63) is 34.3 Å². The van der Waals surface area contributed by atoms with Gasteiger partial charge in [-0.25, -0.2) is 0 Å². The van der Waals surface area contributed by atoms with E-state index in [1.807, 2.05) is 24.3 Å². The lowest BCUT2D eigenvalue weighted by molar-refractivity contribution is 0.107. The molecular weight excluding hydrogens is 306 g/mol. The highest BCUT2D eigenvalue weighted by molar-refractivity contribution is 9.10. The first-order valence-corrected chi connectivity index (χ1v) is 7.69. The molecule has 0 amide bonds. The van der Waals surface area contributed by atoms with Crippen LogP contribution in [-0.2, 0) is 0 Å². The Balaban J connectivity index is 1.86. The zero-order chi connectivity index (χ0) is 13.8. The molecule has 106 valence electrons. The van der Waals surface area contributed by atoms with Crippen LogP contribution in [0, 0.1) is 5.92 Å². The number of benzene rings is 1. The summed E-state index contributed by atoms with van der Waals surface area (Å²) >= 11 is 3.39. The second-order valence-corrected chi connectivity index (χ2v) is 6.32. The van der Waals surface area contributed by atoms with E-state index in [2.05, 4.69) is 27.8 Å². The molecule has 1 fully saturated rings. The highest BCUT2D eigenvalue weighted by Crippen LogP contribution is 2.26. The van der Waals surface area contributed by atoms with E-state index in [4.69, 9.17) is 0 Å². The van der Waals surface area contributed by atoms with E-state index >= 15 is 0 Å². The van der Waals surface area contributed by atoms with Gasteiger partial charge in [-0.05, 0) is 43.0 Å². The van der Waals surface area contributed by atoms with E-state index in [1.54, 1.807) is 0 Å². The summed E-state index contributed by atoms with van der Waals surface area (Å²) in [6, 6.07) is 8.06. The average Bonchev–Trinajstić information content (AvgIpc) is 2.77. The van der Waals surface area contributed by atoms with Crippen molar-refractivity contribution in [3.8, 4) is 0 Å². The third-order valence-corrected chi connectivity index (χ3v) is 4.66. The lowest BCUT2D eigenvalue weighted by Gasteiger charge is -2.26. The maximum Gasteiger partial charge on any atom is 0.0802 e. The van der Waals surface area contributed by atoms with Crippen molar-refractivity contribution < 1.29 is 10.2 Å². The minimum atomic E-state index is -0.427. The summed E-state index contributed by atoms with van der Waals surface area (Å²) in [7, 11) is 0. The zero-order valence-corrected chi connectivity index (χ0v) is 12.9. The topological polar surface area (TPSA) is 43.7 Å². The van der Waals surface area contributed by atoms with Crippen LogP contribution in [0.25, 0.3) is 0 Å². The van der Waals surface area contributed by atoms with Gasteiger partial charge in [0.15, 0.2) is 0 Å². The van der Waals surface area contributed by atoms with Gasteiger partial charge in [0.05, 0.1) is 12.7 Å². The molecule has 0 aliphatic carbocycles. The molecule has 3 unspecified atom stereocenters. The van der Waals surface area contributed by atoms with Gasteiger partial charge >= 0.3 is 0 Å². The highest BCUT2D eigenvalue weighted by atomic mass is 79.9. The molecule has 1 aromatic carbocycles. The van der Waals surface area contributed by atoms with Crippen LogP contribution < -0.4 is 0 Å². The van der Waals surface area contributed by atoms with Crippen LogP contribution in [0.15, 0.2) is 28.7 Å². The van der Waals surface area contributed by atoms with E-state index in [0.717, 1.165) is 29.5 Å². The van der Waals surface area contributed by atoms with Crippen molar-refractivity contribution in [3.63, 3.8) is 0 Å². The maximum atomic E-state index is 10.2. The van der Waals surface area contributed by atoms with Crippen LogP contribution in [0.3, 0.4) is 0 Å². The van der Waals surface area contributed by atoms with Gasteiger partial charge in [0.1, 0.15) is 0 Å². The first kappa shape index (κ1) is 15.0. The first-order chi connectivity index (χ1) is 9.11. The van der Waals surface area contributed by atoms with Crippen molar-refractivity contribution >= 4 is 15.9 Å². The molecule has 0 radical (unpaired) electrons. The molecule has 0 saturated carbocycles. The highest BCUT2D eigenvalue weighted by Gasteiger charge is 2.30. The number of hydrogen-bond acceptors (Lipinski definition) is 3. The quantitative estimate of drug-likeness (QED) is 0.873. The Bertz CT molecular complexity index is 396. The van der Waals surface area contributed by atoms with E-state index in [0.29, 0.717) is 12.3 Å². The third kappa shape index (κ3) is 3.78. The molecule has 1 aliphatic heterocycles. The smallest absolute Gasteiger partial charge is 0.0802 e. The van der Waals surface area contributed by atoms with Crippen molar-refractivity contribution in [1.82, 2.24) is 4.90 Å². The standard InChI is InChI=1S/C15H22BrNO2/c1-11-6-8-17(14(11)10-18)9-7-15(19)12-2-4-13(16)5-3-12/h2-5,11,14-15,18-19H,6-10H2,1H3. The summed E-state index contributed by atoms with van der Waals surface area (Å²) in [5, 5.41) is 19.6. The van der Waals surface area contributed by atoms with E-state index in [9.17, 15) is 10.2 Å². The van der Waals surface area contributed by atoms with Crippen molar-refractivity contribution in [2.24, 2.45) is 5.92 Å². The van der Waals surface area contributed by atoms with E-state index in [1.165, 1.54) is 0 Å². The van der Waals surface area contributed by atoms with Gasteiger partial charge in [0.25, 0.3) is 0 Å². The van der Waals surface area contributed by atoms with Gasteiger partial charge in [0.2, 0.25) is 0 Å². The first-order valence-electron chi connectivity index (χ1n) is 6.90. The lowest BCUT2D eigenvalue weighted by atomic mass is 10.0. The fourth-order valence-electron chi connectivity index (χ4n) is 2.80. The number of rotatable bonds is 5. The van der Waals surface area contributed by atoms with Gasteiger partial charge in [-0.15, -0.1) is 0 Å². The number of halogens is 1. The molecule has 4 heteroatoms. The summed E-state index contributed by atoms with van der Waals surface area (Å²) in [4.78, 5) is 2.30. The van der Waals surface area contributed by atoms with Gasteiger partial charge in [-0.1, -0.05) is 35.0 Å². The van der Waals surface area contributed by atoms with Crippen molar-refractivity contribution in [1.29, 1.82) is 0 Å². The predicted octanol–water partition coefficient (Wildman–Crippen LogP) is 2.58. The lowest BCUT2D eigenvalue weighted by Crippen LogP contribution is -2.36. The second kappa shape index (κ2) is 6.84. The third-order valence-electron chi connectivity index (χ3n) is 4.13. The molecule has 3 atom stereocenters. The summed E-state index contributed by atoms with van der Waals surface area (Å²) in [5.41, 5.74) is 0.955. The van der Waals surface area contributed by atoms with Crippen LogP contribution in [0.2, 0.25) is 0 Å². The Hall–Kier alpha value is -0.420. The molecule has 2 N–H and O–H groups in total. The molecule has 0 spiro atoms. The maximum absolute atomic E-state index is 10.2. The zero-order valence-electron chi connectivity index (χ0n) is 11.3. The Kier molecular flexibility index (Phi) is 5.39. The number of hydrogen-bond donors (Lipinski definition) is 2. The Morgan fingerprint density at radius 2 is 2.05 bits per heavy atom. The number of likely N-dealkylation sites (tertiary alicyclic amines) is 1. The fraction of sp³-hybridized carbons (Fsp3) is 0.600. The monoisotopic (exact) mass is 327 g/mol. The Morgan fingerprint density at radius 3 is 2.68 bits per heavy atom. The average molecular weight is 328 g/mol. The summed E-state index contributed by atoms with van der Waals surface area (Å²) in [6.07, 6.45) is 1.42. The molecule has 0 aromatic heterocycles. The SMILES string of the molecule is CC1CCN(CCC(O)c2ccc(Br)cc2)C1CO. The van der Waals surface area contributed by atoms with Crippen LogP contribution in [0.5, 0.6) is 0 Å². The molecule has 3 nitrogen and oxygen atoms in total. The largest absolute Gasteiger partial charge is 0.395 e. The Morgan fingerprint density at radius 1 is 1.37 bits per heavy atom.